The number of hydrogen-bond acceptors (Lipinski definition) is 1. The van der Waals surface area contributed by atoms with Crippen molar-refractivity contribution in [1.82, 2.24) is 4.98 Å². The molecule has 0 amide bonds. The highest BCUT2D eigenvalue weighted by atomic mass is 19.1. The molecule has 1 rings (SSSR count). The summed E-state index contributed by atoms with van der Waals surface area (Å²) < 4.78 is 13.3. The van der Waals surface area contributed by atoms with Crippen LogP contribution in [0.4, 0.5) is 4.39 Å². The zero-order valence-electron chi connectivity index (χ0n) is 7.06. The molecule has 0 unspecified atom stereocenters. The minimum atomic E-state index is -1.28. The molecule has 1 aromatic rings. The Balaban J connectivity index is 3.06. The third-order valence-electron chi connectivity index (χ3n) is 1.56. The molecule has 0 bridgehead atoms. The average Bonchev–Trinajstić information content (AvgIpc) is 1.86. The number of nitrogens with zero attached hydrogens (tertiary/aromatic N) is 1. The monoisotopic (exact) mass is 153 g/mol. The van der Waals surface area contributed by atoms with E-state index in [1.54, 1.807) is 12.4 Å². The van der Waals surface area contributed by atoms with Gasteiger partial charge >= 0.3 is 0 Å². The molecule has 0 fully saturated rings. The number of halogens is 1. The lowest BCUT2D eigenvalue weighted by Crippen LogP contribution is -2.09. The van der Waals surface area contributed by atoms with E-state index in [0.29, 0.717) is 5.56 Å². The van der Waals surface area contributed by atoms with Crippen LogP contribution >= 0.6 is 0 Å². The Bertz CT molecular complexity index is 250. The van der Waals surface area contributed by atoms with Gasteiger partial charge in [0.2, 0.25) is 0 Å². The van der Waals surface area contributed by atoms with Crippen molar-refractivity contribution in [2.75, 3.05) is 0 Å². The van der Waals surface area contributed by atoms with E-state index in [9.17, 15) is 4.39 Å². The van der Waals surface area contributed by atoms with E-state index in [1.807, 2.05) is 13.0 Å². The van der Waals surface area contributed by atoms with Gasteiger partial charge < -0.3 is 0 Å². The number of pyridine rings is 1. The number of hydrogen-bond donors (Lipinski definition) is 0. The molecular weight excluding hydrogens is 141 g/mol. The molecule has 0 saturated carbocycles. The highest BCUT2D eigenvalue weighted by molar-refractivity contribution is 5.21. The van der Waals surface area contributed by atoms with Crippen LogP contribution in [0.25, 0.3) is 0 Å². The van der Waals surface area contributed by atoms with Gasteiger partial charge in [-0.05, 0) is 32.4 Å². The van der Waals surface area contributed by atoms with E-state index in [2.05, 4.69) is 4.98 Å². The van der Waals surface area contributed by atoms with Gasteiger partial charge in [-0.1, -0.05) is 0 Å². The Morgan fingerprint density at radius 2 is 2.00 bits per heavy atom. The molecule has 2 heteroatoms. The molecule has 60 valence electrons. The van der Waals surface area contributed by atoms with Crippen LogP contribution in [0.2, 0.25) is 0 Å². The van der Waals surface area contributed by atoms with E-state index < -0.39 is 5.67 Å². The Hall–Kier alpha value is -0.920. The van der Waals surface area contributed by atoms with Crippen molar-refractivity contribution < 1.29 is 4.39 Å². The predicted octanol–water partition coefficient (Wildman–Crippen LogP) is 2.59. The van der Waals surface area contributed by atoms with Crippen LogP contribution in [-0.2, 0) is 5.67 Å². The third-order valence-corrected chi connectivity index (χ3v) is 1.56. The summed E-state index contributed by atoms with van der Waals surface area (Å²) in [6, 6.07) is 1.81. The molecule has 0 spiro atoms. The smallest absolute Gasteiger partial charge is 0.131 e. The fourth-order valence-corrected chi connectivity index (χ4v) is 0.880. The van der Waals surface area contributed by atoms with Gasteiger partial charge in [0.05, 0.1) is 0 Å². The minimum Gasteiger partial charge on any atom is -0.264 e. The second-order valence-corrected chi connectivity index (χ2v) is 3.22. The van der Waals surface area contributed by atoms with E-state index in [4.69, 9.17) is 0 Å². The van der Waals surface area contributed by atoms with Crippen molar-refractivity contribution in [3.05, 3.63) is 29.6 Å². The molecule has 1 aromatic heterocycles. The van der Waals surface area contributed by atoms with Gasteiger partial charge in [-0.2, -0.15) is 0 Å². The lowest BCUT2D eigenvalue weighted by Gasteiger charge is -2.13. The van der Waals surface area contributed by atoms with Crippen molar-refractivity contribution in [3.8, 4) is 0 Å². The molecular formula is C9H12FN. The van der Waals surface area contributed by atoms with Crippen LogP contribution < -0.4 is 0 Å². The maximum atomic E-state index is 13.3. The Morgan fingerprint density at radius 1 is 1.36 bits per heavy atom. The van der Waals surface area contributed by atoms with E-state index >= 15 is 0 Å². The first kappa shape index (κ1) is 8.18. The van der Waals surface area contributed by atoms with Gasteiger partial charge in [-0.3, -0.25) is 4.98 Å². The fraction of sp³-hybridized carbons (Fsp3) is 0.444. The highest BCUT2D eigenvalue weighted by Gasteiger charge is 2.18. The summed E-state index contributed by atoms with van der Waals surface area (Å²) in [4.78, 5) is 3.91. The van der Waals surface area contributed by atoms with Crippen molar-refractivity contribution >= 4 is 0 Å². The largest absolute Gasteiger partial charge is 0.264 e. The SMILES string of the molecule is Cc1cncc(C(C)(C)F)c1. The lowest BCUT2D eigenvalue weighted by atomic mass is 10.0. The number of rotatable bonds is 1. The number of alkyl halides is 1. The predicted molar refractivity (Wildman–Crippen MR) is 43.1 cm³/mol. The van der Waals surface area contributed by atoms with Crippen LogP contribution in [0.5, 0.6) is 0 Å². The topological polar surface area (TPSA) is 12.9 Å². The summed E-state index contributed by atoms with van der Waals surface area (Å²) >= 11 is 0. The maximum absolute atomic E-state index is 13.3. The number of aromatic nitrogens is 1. The quantitative estimate of drug-likeness (QED) is 0.604. The molecule has 11 heavy (non-hydrogen) atoms. The first-order chi connectivity index (χ1) is 5.00. The third kappa shape index (κ3) is 2.00. The molecule has 0 aliphatic heterocycles. The summed E-state index contributed by atoms with van der Waals surface area (Å²) in [7, 11) is 0. The van der Waals surface area contributed by atoms with Crippen molar-refractivity contribution in [2.45, 2.75) is 26.4 Å². The van der Waals surface area contributed by atoms with Gasteiger partial charge in [0.25, 0.3) is 0 Å². The first-order valence-electron chi connectivity index (χ1n) is 3.61. The van der Waals surface area contributed by atoms with E-state index in [-0.39, 0.29) is 0 Å². The fourth-order valence-electron chi connectivity index (χ4n) is 0.880. The molecule has 0 atom stereocenters. The summed E-state index contributed by atoms with van der Waals surface area (Å²) in [6.45, 7) is 4.97. The molecule has 0 aromatic carbocycles. The normalized spacial score (nSPS) is 11.6. The second kappa shape index (κ2) is 2.61. The molecule has 0 aliphatic carbocycles. The Labute approximate surface area is 66.3 Å². The molecule has 0 N–H and O–H groups in total. The van der Waals surface area contributed by atoms with Gasteiger partial charge in [0.1, 0.15) is 5.67 Å². The van der Waals surface area contributed by atoms with Crippen LogP contribution in [0.3, 0.4) is 0 Å². The Morgan fingerprint density at radius 3 is 2.36 bits per heavy atom. The standard InChI is InChI=1S/C9H12FN/c1-7-4-8(6-11-5-7)9(2,3)10/h4-6H,1-3H3. The van der Waals surface area contributed by atoms with Gasteiger partial charge in [0.15, 0.2) is 0 Å². The molecule has 0 aliphatic rings. The van der Waals surface area contributed by atoms with Crippen LogP contribution in [0.15, 0.2) is 18.5 Å². The minimum absolute atomic E-state index is 0.637. The van der Waals surface area contributed by atoms with Gasteiger partial charge in [-0.25, -0.2) is 4.39 Å². The highest BCUT2D eigenvalue weighted by Crippen LogP contribution is 2.23. The zero-order chi connectivity index (χ0) is 8.48. The van der Waals surface area contributed by atoms with Crippen LogP contribution in [0.1, 0.15) is 25.0 Å². The van der Waals surface area contributed by atoms with E-state index in [0.717, 1.165) is 5.56 Å². The van der Waals surface area contributed by atoms with Crippen LogP contribution in [0, 0.1) is 6.92 Å². The van der Waals surface area contributed by atoms with Crippen molar-refractivity contribution in [1.29, 1.82) is 0 Å². The Kier molecular flexibility index (Phi) is 1.94. The second-order valence-electron chi connectivity index (χ2n) is 3.22. The number of aryl methyl sites for hydroxylation is 1. The average molecular weight is 153 g/mol. The zero-order valence-corrected chi connectivity index (χ0v) is 7.06. The van der Waals surface area contributed by atoms with Crippen LogP contribution in [-0.4, -0.2) is 4.98 Å². The summed E-state index contributed by atoms with van der Waals surface area (Å²) in [5, 5.41) is 0. The van der Waals surface area contributed by atoms with Gasteiger partial charge in [-0.15, -0.1) is 0 Å². The summed E-state index contributed by atoms with van der Waals surface area (Å²) in [6.07, 6.45) is 3.28. The molecule has 1 heterocycles. The maximum Gasteiger partial charge on any atom is 0.131 e. The van der Waals surface area contributed by atoms with Gasteiger partial charge in [0, 0.05) is 18.0 Å². The summed E-state index contributed by atoms with van der Waals surface area (Å²) in [5.41, 5.74) is 0.352. The van der Waals surface area contributed by atoms with Crippen molar-refractivity contribution in [3.63, 3.8) is 0 Å². The molecule has 0 saturated heterocycles. The molecule has 1 nitrogen and oxygen atoms in total. The van der Waals surface area contributed by atoms with Crippen molar-refractivity contribution in [2.24, 2.45) is 0 Å². The van der Waals surface area contributed by atoms with E-state index in [1.165, 1.54) is 13.8 Å². The first-order valence-corrected chi connectivity index (χ1v) is 3.61. The lowest BCUT2D eigenvalue weighted by molar-refractivity contribution is 0.220. The molecule has 0 radical (unpaired) electrons. The summed E-state index contributed by atoms with van der Waals surface area (Å²) in [5.74, 6) is 0.